The molecule has 12 nitrogen and oxygen atoms in total. The number of methoxy groups -OCH3 is 2. The maximum atomic E-state index is 12.3. The van der Waals surface area contributed by atoms with Crippen LogP contribution < -0.4 is 10.1 Å². The van der Waals surface area contributed by atoms with Gasteiger partial charge in [-0.25, -0.2) is 9.59 Å². The van der Waals surface area contributed by atoms with E-state index in [4.69, 9.17) is 24.8 Å². The highest BCUT2D eigenvalue weighted by molar-refractivity contribution is 6.38. The van der Waals surface area contributed by atoms with E-state index >= 15 is 0 Å². The average Bonchev–Trinajstić information content (AvgIpc) is 3.31. The van der Waals surface area contributed by atoms with Crippen molar-refractivity contribution in [3.63, 3.8) is 0 Å². The molecule has 1 saturated heterocycles. The number of hydrogen-bond acceptors (Lipinski definition) is 7. The van der Waals surface area contributed by atoms with Crippen LogP contribution in [0.5, 0.6) is 5.75 Å². The first kappa shape index (κ1) is 37.9. The Morgan fingerprint density at radius 2 is 1.49 bits per heavy atom. The van der Waals surface area contributed by atoms with Crippen LogP contribution in [0.4, 0.5) is 0 Å². The summed E-state index contributed by atoms with van der Waals surface area (Å²) in [6, 6.07) is 14.2. The van der Waals surface area contributed by atoms with Crippen molar-refractivity contribution < 1.29 is 48.8 Å². The van der Waals surface area contributed by atoms with E-state index < -0.39 is 35.3 Å². The maximum absolute atomic E-state index is 12.3. The highest BCUT2D eigenvalue weighted by atomic mass is 16.5. The van der Waals surface area contributed by atoms with Gasteiger partial charge < -0.3 is 30.1 Å². The summed E-state index contributed by atoms with van der Waals surface area (Å²) in [4.78, 5) is 56.1. The fraction of sp³-hybridized carbons (Fsp3) is 0.364. The van der Waals surface area contributed by atoms with Crippen molar-refractivity contribution in [2.75, 3.05) is 20.8 Å². The molecule has 1 heterocycles. The van der Waals surface area contributed by atoms with Crippen LogP contribution in [0.2, 0.25) is 0 Å². The number of carbonyl (C=O) groups excluding carboxylic acids is 2. The summed E-state index contributed by atoms with van der Waals surface area (Å²) in [7, 11) is 3.14. The zero-order valence-corrected chi connectivity index (χ0v) is 26.3. The molecule has 0 radical (unpaired) electrons. The van der Waals surface area contributed by atoms with Crippen LogP contribution in [0.15, 0.2) is 59.9 Å². The number of rotatable bonds is 13. The van der Waals surface area contributed by atoms with Gasteiger partial charge >= 0.3 is 29.7 Å². The van der Waals surface area contributed by atoms with Gasteiger partial charge in [-0.1, -0.05) is 82.5 Å². The van der Waals surface area contributed by atoms with E-state index in [0.29, 0.717) is 29.4 Å². The van der Waals surface area contributed by atoms with Crippen molar-refractivity contribution in [2.45, 2.75) is 59.3 Å². The van der Waals surface area contributed by atoms with Crippen LogP contribution in [0.25, 0.3) is 11.8 Å². The second-order valence-electron chi connectivity index (χ2n) is 9.53. The van der Waals surface area contributed by atoms with Gasteiger partial charge in [0, 0.05) is 13.0 Å². The number of benzene rings is 2. The van der Waals surface area contributed by atoms with E-state index in [9.17, 15) is 24.0 Å². The lowest BCUT2D eigenvalue weighted by Crippen LogP contribution is -2.28. The van der Waals surface area contributed by atoms with Crippen LogP contribution in [-0.4, -0.2) is 70.7 Å². The number of aryl methyl sites for hydroxylation is 1. The lowest BCUT2D eigenvalue weighted by atomic mass is 10.0. The van der Waals surface area contributed by atoms with Gasteiger partial charge in [-0.15, -0.1) is 0 Å². The molecule has 2 aromatic rings. The first-order valence-electron chi connectivity index (χ1n) is 14.5. The number of ether oxygens (including phenoxy) is 2. The number of carboxylic acid groups (broad SMARTS) is 3. The fourth-order valence-electron chi connectivity index (χ4n) is 4.09. The van der Waals surface area contributed by atoms with Crippen molar-refractivity contribution in [3.05, 3.63) is 76.6 Å². The molecule has 244 valence electrons. The van der Waals surface area contributed by atoms with Crippen LogP contribution in [-0.2, 0) is 35.1 Å². The minimum atomic E-state index is -1.44. The third kappa shape index (κ3) is 11.8. The zero-order valence-electron chi connectivity index (χ0n) is 26.3. The van der Waals surface area contributed by atoms with Crippen molar-refractivity contribution in [2.24, 2.45) is 0 Å². The summed E-state index contributed by atoms with van der Waals surface area (Å²) in [6.45, 7) is 6.26. The van der Waals surface area contributed by atoms with Gasteiger partial charge in [-0.3, -0.25) is 19.3 Å². The zero-order chi connectivity index (χ0) is 33.9. The number of para-hydroxylation sites is 1. The third-order valence-corrected chi connectivity index (χ3v) is 6.40. The highest BCUT2D eigenvalue weighted by Gasteiger charge is 2.37. The van der Waals surface area contributed by atoms with Gasteiger partial charge in [-0.05, 0) is 36.1 Å². The van der Waals surface area contributed by atoms with Gasteiger partial charge in [-0.2, -0.15) is 0 Å². The summed E-state index contributed by atoms with van der Waals surface area (Å²) >= 11 is 0. The number of amides is 2. The Labute approximate surface area is 263 Å². The Balaban J connectivity index is 0.000000444. The first-order chi connectivity index (χ1) is 21.5. The van der Waals surface area contributed by atoms with Gasteiger partial charge in [0.2, 0.25) is 0 Å². The fourth-order valence-corrected chi connectivity index (χ4v) is 4.09. The van der Waals surface area contributed by atoms with E-state index in [2.05, 4.69) is 12.2 Å². The van der Waals surface area contributed by atoms with Crippen LogP contribution in [0, 0.1) is 0 Å². The van der Waals surface area contributed by atoms with Crippen molar-refractivity contribution in [3.8, 4) is 5.75 Å². The quantitative estimate of drug-likeness (QED) is 0.0603. The molecular formula is C33H42N2O10. The molecule has 1 aliphatic heterocycles. The molecule has 4 N–H and O–H groups in total. The van der Waals surface area contributed by atoms with Crippen molar-refractivity contribution in [1.82, 2.24) is 10.2 Å². The summed E-state index contributed by atoms with van der Waals surface area (Å²) in [5.74, 6) is -3.28. The number of carbonyl (C=O) groups is 5. The second-order valence-corrected chi connectivity index (χ2v) is 9.53. The number of carboxylic acids is 3. The minimum Gasteiger partial charge on any atom is -0.496 e. The first-order valence-corrected chi connectivity index (χ1v) is 14.5. The number of hydrogen-bond donors (Lipinski definition) is 4. The second kappa shape index (κ2) is 19.9. The molecule has 1 fully saturated rings. The summed E-state index contributed by atoms with van der Waals surface area (Å²) in [6.07, 6.45) is 6.20. The lowest BCUT2D eigenvalue weighted by molar-refractivity contribution is -0.140. The van der Waals surface area contributed by atoms with Crippen LogP contribution in [0.3, 0.4) is 0 Å². The predicted molar refractivity (Wildman–Crippen MR) is 168 cm³/mol. The molecule has 0 atom stereocenters. The Morgan fingerprint density at radius 1 is 0.867 bits per heavy atom. The van der Waals surface area contributed by atoms with Crippen molar-refractivity contribution >= 4 is 41.6 Å². The topological polar surface area (TPSA) is 180 Å². The molecule has 0 unspecified atom stereocenters. The van der Waals surface area contributed by atoms with Gasteiger partial charge in [0.15, 0.2) is 11.6 Å². The van der Waals surface area contributed by atoms with Gasteiger partial charge in [0.25, 0.3) is 0 Å². The standard InChI is InChI=1S/C20H28N2O4.C10H8O4.C3H6O2/c1-5-7-8-9-13-22-18(21-19(23)20(22)24)17(26-4)15-12-10-11-14(6-2)16(15)25-3;11-9(12)8(10(13)14)6-7-4-2-1-3-5-7;1-2-3(4)5/h10-12H,5-9,13H2,1-4H3,(H,21,23);1-6H,(H,11,12)(H,13,14);2H2,1H3,(H,4,5). The highest BCUT2D eigenvalue weighted by Crippen LogP contribution is 2.33. The Hall–Kier alpha value is -5.13. The molecule has 1 aliphatic rings. The lowest BCUT2D eigenvalue weighted by Gasteiger charge is -2.21. The molecule has 0 bridgehead atoms. The van der Waals surface area contributed by atoms with Gasteiger partial charge in [0.05, 0.1) is 19.8 Å². The average molecular weight is 627 g/mol. The van der Waals surface area contributed by atoms with E-state index in [1.165, 1.54) is 12.0 Å². The van der Waals surface area contributed by atoms with E-state index in [1.807, 2.05) is 25.1 Å². The smallest absolute Gasteiger partial charge is 0.343 e. The maximum Gasteiger partial charge on any atom is 0.343 e. The van der Waals surface area contributed by atoms with Gasteiger partial charge in [0.1, 0.15) is 11.3 Å². The predicted octanol–water partition coefficient (Wildman–Crippen LogP) is 4.79. The van der Waals surface area contributed by atoms with E-state index in [0.717, 1.165) is 49.3 Å². The molecular weight excluding hydrogens is 584 g/mol. The molecule has 0 saturated carbocycles. The molecule has 2 aromatic carbocycles. The number of nitrogens with one attached hydrogen (secondary N) is 1. The van der Waals surface area contributed by atoms with Crippen molar-refractivity contribution in [1.29, 1.82) is 0 Å². The molecule has 0 spiro atoms. The number of nitrogens with zero attached hydrogens (tertiary/aromatic N) is 1. The summed E-state index contributed by atoms with van der Waals surface area (Å²) in [5, 5.41) is 27.5. The van der Waals surface area contributed by atoms with Crippen LogP contribution >= 0.6 is 0 Å². The molecule has 3 rings (SSSR count). The van der Waals surface area contributed by atoms with E-state index in [-0.39, 0.29) is 6.42 Å². The molecule has 45 heavy (non-hydrogen) atoms. The van der Waals surface area contributed by atoms with E-state index in [1.54, 1.807) is 44.4 Å². The number of unbranched alkanes of at least 4 members (excludes halogenated alkanes) is 3. The molecule has 0 aliphatic carbocycles. The Kier molecular flexibility index (Phi) is 16.8. The summed E-state index contributed by atoms with van der Waals surface area (Å²) < 4.78 is 11.2. The number of aliphatic carboxylic acids is 3. The molecule has 2 amide bonds. The molecule has 0 aromatic heterocycles. The molecule has 12 heteroatoms. The normalized spacial score (nSPS) is 12.9. The Morgan fingerprint density at radius 3 is 1.98 bits per heavy atom. The minimum absolute atomic E-state index is 0.222. The summed E-state index contributed by atoms with van der Waals surface area (Å²) in [5.41, 5.74) is 1.66. The largest absolute Gasteiger partial charge is 0.496 e. The SMILES string of the molecule is CCC(=O)O.CCCCCCN1C(=O)C(=O)NC1=C(OC)c1cccc(CC)c1OC.O=C(O)C(=Cc1ccccc1)C(=O)O. The Bertz CT molecular complexity index is 1370. The van der Waals surface area contributed by atoms with Crippen LogP contribution in [0.1, 0.15) is 69.6 Å². The third-order valence-electron chi connectivity index (χ3n) is 6.40. The monoisotopic (exact) mass is 626 g/mol.